The van der Waals surface area contributed by atoms with Crippen molar-refractivity contribution in [3.05, 3.63) is 60.3 Å². The third-order valence-corrected chi connectivity index (χ3v) is 5.67. The molecule has 0 radical (unpaired) electrons. The molecule has 1 aliphatic heterocycles. The number of aromatic nitrogens is 2. The van der Waals surface area contributed by atoms with Crippen LogP contribution >= 0.6 is 0 Å². The highest BCUT2D eigenvalue weighted by molar-refractivity contribution is 5.73. The zero-order valence-electron chi connectivity index (χ0n) is 17.6. The summed E-state index contributed by atoms with van der Waals surface area (Å²) in [6.45, 7) is 1.14. The van der Waals surface area contributed by atoms with E-state index in [9.17, 15) is 15.1 Å². The van der Waals surface area contributed by atoms with Gasteiger partial charge < -0.3 is 14.7 Å². The van der Waals surface area contributed by atoms with Gasteiger partial charge in [-0.1, -0.05) is 0 Å². The second-order valence-corrected chi connectivity index (χ2v) is 7.68. The van der Waals surface area contributed by atoms with Gasteiger partial charge in [-0.15, -0.1) is 0 Å². The lowest BCUT2D eigenvalue weighted by Crippen LogP contribution is -2.43. The number of ether oxygens (including phenoxy) is 1. The van der Waals surface area contributed by atoms with E-state index in [0.29, 0.717) is 18.2 Å². The van der Waals surface area contributed by atoms with Crippen LogP contribution in [0.1, 0.15) is 24.5 Å². The molecule has 4 rings (SSSR count). The minimum Gasteiger partial charge on any atom is -0.508 e. The molecule has 2 aromatic carbocycles. The first-order valence-corrected chi connectivity index (χ1v) is 10.2. The van der Waals surface area contributed by atoms with Crippen molar-refractivity contribution in [1.29, 1.82) is 0 Å². The van der Waals surface area contributed by atoms with Crippen molar-refractivity contribution in [3.63, 3.8) is 0 Å². The molecular formula is C23H26N4O4. The maximum Gasteiger partial charge on any atom is 0.343 e. The van der Waals surface area contributed by atoms with Gasteiger partial charge in [-0.25, -0.2) is 14.5 Å². The average molecular weight is 422 g/mol. The van der Waals surface area contributed by atoms with Crippen molar-refractivity contribution >= 4 is 6.03 Å². The Bertz CT molecular complexity index is 1040. The SMILES string of the molecule is COc1ccc(-c2cc(C3CCN(C(=O)N(C)O)CC3)nn2-c2ccc(O)cc2)cc1. The lowest BCUT2D eigenvalue weighted by atomic mass is 9.93. The Morgan fingerprint density at radius 3 is 2.32 bits per heavy atom. The fraction of sp³-hybridized carbons (Fsp3) is 0.304. The number of phenolic OH excluding ortho intramolecular Hbond substituents is 1. The molecule has 2 heterocycles. The molecule has 8 nitrogen and oxygen atoms in total. The lowest BCUT2D eigenvalue weighted by Gasteiger charge is -2.32. The second-order valence-electron chi connectivity index (χ2n) is 7.68. The third-order valence-electron chi connectivity index (χ3n) is 5.67. The number of likely N-dealkylation sites (tertiary alicyclic amines) is 1. The summed E-state index contributed by atoms with van der Waals surface area (Å²) in [5, 5.41) is 24.6. The summed E-state index contributed by atoms with van der Waals surface area (Å²) in [5.74, 6) is 1.20. The number of benzene rings is 2. The lowest BCUT2D eigenvalue weighted by molar-refractivity contribution is -0.0356. The Morgan fingerprint density at radius 1 is 1.10 bits per heavy atom. The van der Waals surface area contributed by atoms with E-state index in [2.05, 4.69) is 6.07 Å². The molecule has 0 spiro atoms. The number of piperidine rings is 1. The van der Waals surface area contributed by atoms with Crippen LogP contribution in [0, 0.1) is 0 Å². The molecule has 0 atom stereocenters. The molecule has 0 unspecified atom stereocenters. The smallest absolute Gasteiger partial charge is 0.343 e. The quantitative estimate of drug-likeness (QED) is 0.492. The summed E-state index contributed by atoms with van der Waals surface area (Å²) in [6, 6.07) is 16.5. The highest BCUT2D eigenvalue weighted by Crippen LogP contribution is 2.33. The van der Waals surface area contributed by atoms with Crippen molar-refractivity contribution in [3.8, 4) is 28.4 Å². The number of rotatable bonds is 4. The van der Waals surface area contributed by atoms with Crippen molar-refractivity contribution in [2.24, 2.45) is 0 Å². The molecular weight excluding hydrogens is 396 g/mol. The minimum absolute atomic E-state index is 0.202. The topological polar surface area (TPSA) is 91.1 Å². The van der Waals surface area contributed by atoms with E-state index in [0.717, 1.165) is 41.2 Å². The Labute approximate surface area is 180 Å². The van der Waals surface area contributed by atoms with Crippen molar-refractivity contribution < 1.29 is 19.8 Å². The van der Waals surface area contributed by atoms with Crippen LogP contribution in [0.15, 0.2) is 54.6 Å². The maximum absolute atomic E-state index is 12.0. The summed E-state index contributed by atoms with van der Waals surface area (Å²) >= 11 is 0. The van der Waals surface area contributed by atoms with Crippen molar-refractivity contribution in [2.45, 2.75) is 18.8 Å². The fourth-order valence-electron chi connectivity index (χ4n) is 3.93. The van der Waals surface area contributed by atoms with Gasteiger partial charge in [0, 0.05) is 31.6 Å². The van der Waals surface area contributed by atoms with Gasteiger partial charge in [0.25, 0.3) is 0 Å². The molecule has 1 aliphatic rings. The van der Waals surface area contributed by atoms with E-state index in [1.165, 1.54) is 7.05 Å². The molecule has 31 heavy (non-hydrogen) atoms. The van der Waals surface area contributed by atoms with Crippen LogP contribution < -0.4 is 4.74 Å². The van der Waals surface area contributed by atoms with Crippen LogP contribution in [-0.4, -0.2) is 63.3 Å². The van der Waals surface area contributed by atoms with Gasteiger partial charge in [-0.3, -0.25) is 5.21 Å². The average Bonchev–Trinajstić information content (AvgIpc) is 3.24. The minimum atomic E-state index is -0.382. The maximum atomic E-state index is 12.0. The molecule has 1 fully saturated rings. The highest BCUT2D eigenvalue weighted by Gasteiger charge is 2.27. The molecule has 1 aromatic heterocycles. The van der Waals surface area contributed by atoms with Crippen LogP contribution in [0.4, 0.5) is 4.79 Å². The number of hydrogen-bond donors (Lipinski definition) is 2. The van der Waals surface area contributed by atoms with Crippen molar-refractivity contribution in [2.75, 3.05) is 27.2 Å². The number of urea groups is 1. The largest absolute Gasteiger partial charge is 0.508 e. The monoisotopic (exact) mass is 422 g/mol. The second kappa shape index (κ2) is 8.69. The summed E-state index contributed by atoms with van der Waals surface area (Å²) < 4.78 is 7.16. The van der Waals surface area contributed by atoms with E-state index in [1.54, 1.807) is 24.1 Å². The normalized spacial score (nSPS) is 14.5. The standard InChI is InChI=1S/C23H26N4O4/c1-25(30)23(29)26-13-11-16(12-14-26)21-15-22(17-3-9-20(31-2)10-4-17)27(24-21)18-5-7-19(28)8-6-18/h3-10,15-16,28,30H,11-14H2,1-2H3. The van der Waals surface area contributed by atoms with Gasteiger partial charge in [0.1, 0.15) is 11.5 Å². The molecule has 1 saturated heterocycles. The number of hydrogen-bond acceptors (Lipinski definition) is 5. The third kappa shape index (κ3) is 4.34. The number of hydroxylamine groups is 2. The molecule has 2 amide bonds. The summed E-state index contributed by atoms with van der Waals surface area (Å²) in [4.78, 5) is 13.7. The molecule has 3 aromatic rings. The first kappa shape index (κ1) is 20.7. The molecule has 0 bridgehead atoms. The van der Waals surface area contributed by atoms with Crippen LogP contribution in [0.2, 0.25) is 0 Å². The van der Waals surface area contributed by atoms with Gasteiger partial charge in [0.15, 0.2) is 0 Å². The number of amides is 2. The van der Waals surface area contributed by atoms with Gasteiger partial charge in [-0.2, -0.15) is 5.10 Å². The fourth-order valence-corrected chi connectivity index (χ4v) is 3.93. The Balaban J connectivity index is 1.65. The van der Waals surface area contributed by atoms with Crippen LogP contribution in [0.5, 0.6) is 11.5 Å². The molecule has 8 heteroatoms. The van der Waals surface area contributed by atoms with Crippen LogP contribution in [-0.2, 0) is 0 Å². The van der Waals surface area contributed by atoms with E-state index in [4.69, 9.17) is 9.84 Å². The van der Waals surface area contributed by atoms with Gasteiger partial charge in [-0.05, 0) is 67.4 Å². The number of carbonyl (C=O) groups is 1. The van der Waals surface area contributed by atoms with Crippen LogP contribution in [0.25, 0.3) is 16.9 Å². The van der Waals surface area contributed by atoms with Crippen LogP contribution in [0.3, 0.4) is 0 Å². The predicted molar refractivity (Wildman–Crippen MR) is 116 cm³/mol. The van der Waals surface area contributed by atoms with E-state index >= 15 is 0 Å². The first-order chi connectivity index (χ1) is 15.0. The van der Waals surface area contributed by atoms with Gasteiger partial charge in [0.2, 0.25) is 0 Å². The zero-order valence-corrected chi connectivity index (χ0v) is 17.6. The van der Waals surface area contributed by atoms with E-state index < -0.39 is 0 Å². The molecule has 0 saturated carbocycles. The van der Waals surface area contributed by atoms with Crippen molar-refractivity contribution in [1.82, 2.24) is 19.7 Å². The number of aromatic hydroxyl groups is 1. The first-order valence-electron chi connectivity index (χ1n) is 10.2. The Hall–Kier alpha value is -3.52. The van der Waals surface area contributed by atoms with Gasteiger partial charge in [0.05, 0.1) is 24.2 Å². The summed E-state index contributed by atoms with van der Waals surface area (Å²) in [5.41, 5.74) is 3.76. The van der Waals surface area contributed by atoms with E-state index in [1.807, 2.05) is 41.1 Å². The molecule has 0 aliphatic carbocycles. The highest BCUT2D eigenvalue weighted by atomic mass is 16.5. The summed E-state index contributed by atoms with van der Waals surface area (Å²) in [6.07, 6.45) is 1.54. The van der Waals surface area contributed by atoms with E-state index in [-0.39, 0.29) is 17.7 Å². The number of phenols is 1. The molecule has 2 N–H and O–H groups in total. The number of carbonyl (C=O) groups excluding carboxylic acids is 1. The number of nitrogens with zero attached hydrogens (tertiary/aromatic N) is 4. The number of methoxy groups -OCH3 is 1. The predicted octanol–water partition coefficient (Wildman–Crippen LogP) is 3.87. The Kier molecular flexibility index (Phi) is 5.81. The molecule has 162 valence electrons. The van der Waals surface area contributed by atoms with Gasteiger partial charge >= 0.3 is 6.03 Å². The zero-order chi connectivity index (χ0) is 22.0. The Morgan fingerprint density at radius 2 is 1.74 bits per heavy atom. The summed E-state index contributed by atoms with van der Waals surface area (Å²) in [7, 11) is 2.98.